The van der Waals surface area contributed by atoms with Crippen molar-refractivity contribution in [3.05, 3.63) is 39.7 Å². The van der Waals surface area contributed by atoms with Gasteiger partial charge in [0.05, 0.1) is 35.5 Å². The summed E-state index contributed by atoms with van der Waals surface area (Å²) in [6.07, 6.45) is -1.74. The van der Waals surface area contributed by atoms with Gasteiger partial charge >= 0.3 is 0 Å². The minimum Gasteiger partial charge on any atom is -0.491 e. The Morgan fingerprint density at radius 3 is 2.73 bits per heavy atom. The van der Waals surface area contributed by atoms with Gasteiger partial charge in [0, 0.05) is 31.8 Å². The van der Waals surface area contributed by atoms with Crippen molar-refractivity contribution in [2.24, 2.45) is 0 Å². The summed E-state index contributed by atoms with van der Waals surface area (Å²) in [4.78, 5) is 11.3. The van der Waals surface area contributed by atoms with E-state index in [0.717, 1.165) is 0 Å². The molecule has 1 fully saturated rings. The van der Waals surface area contributed by atoms with Crippen LogP contribution in [-0.4, -0.2) is 102 Å². The molecule has 4 rings (SSSR count). The third-order valence-electron chi connectivity index (χ3n) is 6.56. The lowest BCUT2D eigenvalue weighted by Gasteiger charge is -2.38. The number of rotatable bonds is 13. The largest absolute Gasteiger partial charge is 0.491 e. The van der Waals surface area contributed by atoms with E-state index in [9.17, 15) is 10.2 Å². The van der Waals surface area contributed by atoms with Gasteiger partial charge in [-0.05, 0) is 46.0 Å². The Morgan fingerprint density at radius 1 is 1.22 bits per heavy atom. The van der Waals surface area contributed by atoms with Crippen LogP contribution in [0.5, 0.6) is 5.75 Å². The number of aliphatic hydroxyl groups is 2. The van der Waals surface area contributed by atoms with Crippen LogP contribution in [-0.2, 0) is 9.47 Å². The average Bonchev–Trinajstić information content (AvgIpc) is 3.29. The second-order valence-electron chi connectivity index (χ2n) is 9.55. The molecule has 4 N–H and O–H groups in total. The summed E-state index contributed by atoms with van der Waals surface area (Å²) in [6.45, 7) is 7.99. The molecule has 0 radical (unpaired) electrons. The van der Waals surface area contributed by atoms with E-state index in [-0.39, 0.29) is 17.7 Å². The molecule has 2 aromatic heterocycles. The summed E-state index contributed by atoms with van der Waals surface area (Å²) in [7, 11) is 1.75. The number of nitrogens with zero attached hydrogens (tertiary/aromatic N) is 4. The van der Waals surface area contributed by atoms with Crippen molar-refractivity contribution in [1.29, 1.82) is 0 Å². The number of aromatic nitrogens is 3. The zero-order valence-corrected chi connectivity index (χ0v) is 25.0. The Bertz CT molecular complexity index is 1290. The lowest BCUT2D eigenvalue weighted by molar-refractivity contribution is -0.221. The van der Waals surface area contributed by atoms with Crippen LogP contribution >= 0.6 is 23.2 Å². The predicted octanol–water partition coefficient (Wildman–Crippen LogP) is 3.11. The van der Waals surface area contributed by atoms with Gasteiger partial charge in [0.1, 0.15) is 40.8 Å². The molecule has 41 heavy (non-hydrogen) atoms. The maximum Gasteiger partial charge on any atom is 0.216 e. The molecule has 1 aliphatic rings. The third kappa shape index (κ3) is 7.65. The van der Waals surface area contributed by atoms with Gasteiger partial charge in [0.2, 0.25) is 6.41 Å². The standard InChI is InChI=1S/C27H36Cl2N6O6/c1-5-39-27(37)35-8-9-38-13-17(35)11-31-26-23(29)24(22-15(2)34-41-16(22)3)32-25(33-26)20-10-19(6-7-21(20)28)40-14-18(36)12-30-4/h6-7,10,17-18,27,30,36-37H,5,8-9,11-14H2,1-4H3,(H,31,32,33)/t17-,18+,27?/m0/s1. The van der Waals surface area contributed by atoms with E-state index in [1.165, 1.54) is 0 Å². The zero-order valence-electron chi connectivity index (χ0n) is 23.5. The van der Waals surface area contributed by atoms with Crippen LogP contribution in [0.1, 0.15) is 18.4 Å². The normalized spacial score (nSPS) is 17.4. The molecule has 12 nitrogen and oxygen atoms in total. The smallest absolute Gasteiger partial charge is 0.216 e. The van der Waals surface area contributed by atoms with Crippen molar-refractivity contribution in [2.75, 3.05) is 58.4 Å². The fourth-order valence-corrected chi connectivity index (χ4v) is 4.97. The van der Waals surface area contributed by atoms with Gasteiger partial charge in [0.25, 0.3) is 0 Å². The SMILES string of the molecule is CCOC(O)N1CCOC[C@@H]1CNc1nc(-c2cc(OC[C@H](O)CNC)ccc2Cl)nc(-c2c(C)noc2C)c1Cl. The van der Waals surface area contributed by atoms with Crippen LogP contribution in [0.2, 0.25) is 10.0 Å². The Kier molecular flexibility index (Phi) is 11.1. The first-order valence-corrected chi connectivity index (χ1v) is 14.1. The number of anilines is 1. The topological polar surface area (TPSA) is 147 Å². The number of morpholine rings is 1. The molecule has 0 saturated carbocycles. The monoisotopic (exact) mass is 610 g/mol. The van der Waals surface area contributed by atoms with Gasteiger partial charge in [-0.15, -0.1) is 0 Å². The van der Waals surface area contributed by atoms with E-state index in [2.05, 4.69) is 15.8 Å². The highest BCUT2D eigenvalue weighted by Gasteiger charge is 2.30. The summed E-state index contributed by atoms with van der Waals surface area (Å²) in [5, 5.41) is 31.5. The molecular formula is C27H36Cl2N6O6. The quantitative estimate of drug-likeness (QED) is 0.211. The van der Waals surface area contributed by atoms with Gasteiger partial charge in [-0.2, -0.15) is 0 Å². The van der Waals surface area contributed by atoms with E-state index in [0.29, 0.717) is 90.1 Å². The fourth-order valence-electron chi connectivity index (χ4n) is 4.52. The fraction of sp³-hybridized carbons (Fsp3) is 0.519. The average molecular weight is 612 g/mol. The van der Waals surface area contributed by atoms with Crippen molar-refractivity contribution >= 4 is 29.0 Å². The van der Waals surface area contributed by atoms with Crippen molar-refractivity contribution < 1.29 is 28.9 Å². The minimum absolute atomic E-state index is 0.0913. The molecule has 3 aromatic rings. The highest BCUT2D eigenvalue weighted by Crippen LogP contribution is 2.38. The van der Waals surface area contributed by atoms with Crippen LogP contribution in [0.3, 0.4) is 0 Å². The van der Waals surface area contributed by atoms with Gasteiger partial charge in [-0.3, -0.25) is 0 Å². The van der Waals surface area contributed by atoms with Crippen LogP contribution in [0.25, 0.3) is 22.6 Å². The number of ether oxygens (including phenoxy) is 3. The number of benzene rings is 1. The second-order valence-corrected chi connectivity index (χ2v) is 10.3. The Morgan fingerprint density at radius 2 is 2.02 bits per heavy atom. The molecule has 1 saturated heterocycles. The van der Waals surface area contributed by atoms with Crippen LogP contribution in [0, 0.1) is 13.8 Å². The number of aliphatic hydroxyl groups excluding tert-OH is 2. The second kappa shape index (κ2) is 14.6. The number of aryl methyl sites for hydroxylation is 2. The first-order chi connectivity index (χ1) is 19.7. The summed E-state index contributed by atoms with van der Waals surface area (Å²) in [5.41, 5.74) is 2.20. The van der Waals surface area contributed by atoms with Crippen molar-refractivity contribution in [2.45, 2.75) is 39.3 Å². The number of nitrogens with one attached hydrogen (secondary N) is 2. The third-order valence-corrected chi connectivity index (χ3v) is 7.25. The molecule has 1 aliphatic heterocycles. The highest BCUT2D eigenvalue weighted by atomic mass is 35.5. The van der Waals surface area contributed by atoms with Gasteiger partial charge in [0.15, 0.2) is 5.82 Å². The molecule has 224 valence electrons. The first kappa shape index (κ1) is 31.4. The maximum absolute atomic E-state index is 10.5. The molecule has 0 spiro atoms. The summed E-state index contributed by atoms with van der Waals surface area (Å²) in [5.74, 6) is 1.69. The summed E-state index contributed by atoms with van der Waals surface area (Å²) in [6, 6.07) is 4.90. The van der Waals surface area contributed by atoms with Gasteiger partial charge in [-0.25, -0.2) is 14.9 Å². The Labute approximate surface area is 248 Å². The molecule has 0 bridgehead atoms. The zero-order chi connectivity index (χ0) is 29.5. The molecule has 1 unspecified atom stereocenters. The lowest BCUT2D eigenvalue weighted by atomic mass is 10.1. The Balaban J connectivity index is 1.70. The maximum atomic E-state index is 10.5. The van der Waals surface area contributed by atoms with E-state index in [1.54, 1.807) is 39.1 Å². The summed E-state index contributed by atoms with van der Waals surface area (Å²) >= 11 is 13.5. The number of likely N-dealkylation sites (N-methyl/N-ethyl adjacent to an activating group) is 1. The molecule has 3 heterocycles. The first-order valence-electron chi connectivity index (χ1n) is 13.4. The molecule has 0 aliphatic carbocycles. The number of hydrogen-bond acceptors (Lipinski definition) is 12. The van der Waals surface area contributed by atoms with Crippen LogP contribution in [0.4, 0.5) is 5.82 Å². The van der Waals surface area contributed by atoms with E-state index in [1.807, 2.05) is 11.8 Å². The minimum atomic E-state index is -1.06. The van der Waals surface area contributed by atoms with Crippen molar-refractivity contribution in [1.82, 2.24) is 25.3 Å². The van der Waals surface area contributed by atoms with Gasteiger partial charge in [-0.1, -0.05) is 28.4 Å². The Hall–Kier alpha value is -2.55. The van der Waals surface area contributed by atoms with Crippen LogP contribution < -0.4 is 15.4 Å². The predicted molar refractivity (Wildman–Crippen MR) is 155 cm³/mol. The highest BCUT2D eigenvalue weighted by molar-refractivity contribution is 6.35. The van der Waals surface area contributed by atoms with Crippen molar-refractivity contribution in [3.63, 3.8) is 0 Å². The lowest BCUT2D eigenvalue weighted by Crippen LogP contribution is -2.54. The van der Waals surface area contributed by atoms with E-state index in [4.69, 9.17) is 51.9 Å². The van der Waals surface area contributed by atoms with E-state index < -0.39 is 12.5 Å². The number of hydrogen-bond donors (Lipinski definition) is 4. The molecule has 14 heteroatoms. The molecular weight excluding hydrogens is 575 g/mol. The molecule has 1 aromatic carbocycles. The van der Waals surface area contributed by atoms with Crippen LogP contribution in [0.15, 0.2) is 22.7 Å². The summed E-state index contributed by atoms with van der Waals surface area (Å²) < 4.78 is 22.3. The van der Waals surface area contributed by atoms with E-state index >= 15 is 0 Å². The number of halogens is 2. The molecule has 3 atom stereocenters. The van der Waals surface area contributed by atoms with Crippen molar-refractivity contribution in [3.8, 4) is 28.4 Å². The molecule has 0 amide bonds. The van der Waals surface area contributed by atoms with Gasteiger partial charge < -0.3 is 39.6 Å².